The van der Waals surface area contributed by atoms with Crippen molar-refractivity contribution in [1.82, 2.24) is 0 Å². The van der Waals surface area contributed by atoms with E-state index in [1.54, 1.807) is 12.1 Å². The highest BCUT2D eigenvalue weighted by molar-refractivity contribution is 5.29. The van der Waals surface area contributed by atoms with Crippen LogP contribution in [-0.4, -0.2) is 11.7 Å². The third-order valence-corrected chi connectivity index (χ3v) is 3.53. The summed E-state index contributed by atoms with van der Waals surface area (Å²) in [5.41, 5.74) is 7.15. The Morgan fingerprint density at radius 3 is 2.47 bits per heavy atom. The summed E-state index contributed by atoms with van der Waals surface area (Å²) in [6.07, 6.45) is 5.12. The van der Waals surface area contributed by atoms with Gasteiger partial charge in [-0.25, -0.2) is 0 Å². The number of phenols is 1. The third-order valence-electron chi connectivity index (χ3n) is 3.53. The molecule has 0 aromatic heterocycles. The van der Waals surface area contributed by atoms with E-state index in [2.05, 4.69) is 0 Å². The van der Waals surface area contributed by atoms with Gasteiger partial charge in [-0.1, -0.05) is 25.0 Å². The lowest BCUT2D eigenvalue weighted by Crippen LogP contribution is -2.25. The molecule has 2 atom stereocenters. The molecule has 1 fully saturated rings. The molecule has 2 nitrogen and oxygen atoms in total. The molecule has 2 heteroatoms. The van der Waals surface area contributed by atoms with Crippen molar-refractivity contribution in [2.45, 2.75) is 31.6 Å². The van der Waals surface area contributed by atoms with Gasteiger partial charge in [0, 0.05) is 0 Å². The van der Waals surface area contributed by atoms with Crippen molar-refractivity contribution in [3.05, 3.63) is 29.8 Å². The van der Waals surface area contributed by atoms with Crippen LogP contribution in [0.2, 0.25) is 0 Å². The summed E-state index contributed by atoms with van der Waals surface area (Å²) < 4.78 is 0. The van der Waals surface area contributed by atoms with E-state index in [-0.39, 0.29) is 0 Å². The second-order valence-electron chi connectivity index (χ2n) is 4.48. The predicted molar refractivity (Wildman–Crippen MR) is 61.9 cm³/mol. The Morgan fingerprint density at radius 1 is 1.13 bits per heavy atom. The van der Waals surface area contributed by atoms with Gasteiger partial charge in [-0.05, 0) is 48.9 Å². The molecule has 2 unspecified atom stereocenters. The van der Waals surface area contributed by atoms with Gasteiger partial charge in [0.25, 0.3) is 0 Å². The van der Waals surface area contributed by atoms with Gasteiger partial charge in [-0.2, -0.15) is 0 Å². The molecule has 0 saturated heterocycles. The van der Waals surface area contributed by atoms with Gasteiger partial charge in [-0.15, -0.1) is 0 Å². The van der Waals surface area contributed by atoms with Crippen molar-refractivity contribution in [2.24, 2.45) is 11.7 Å². The number of aromatic hydroxyl groups is 1. The molecule has 0 heterocycles. The quantitative estimate of drug-likeness (QED) is 0.779. The molecular formula is C13H19NO. The van der Waals surface area contributed by atoms with E-state index in [1.165, 1.54) is 31.2 Å². The molecule has 3 N–H and O–H groups in total. The molecule has 1 aliphatic carbocycles. The van der Waals surface area contributed by atoms with Crippen LogP contribution < -0.4 is 5.73 Å². The monoisotopic (exact) mass is 205 g/mol. The number of nitrogens with two attached hydrogens (primary N) is 1. The molecule has 1 aromatic carbocycles. The summed E-state index contributed by atoms with van der Waals surface area (Å²) >= 11 is 0. The zero-order valence-electron chi connectivity index (χ0n) is 9.02. The maximum Gasteiger partial charge on any atom is 0.115 e. The number of benzene rings is 1. The highest BCUT2D eigenvalue weighted by Gasteiger charge is 2.24. The van der Waals surface area contributed by atoms with Gasteiger partial charge in [0.1, 0.15) is 5.75 Å². The van der Waals surface area contributed by atoms with Crippen LogP contribution in [0.5, 0.6) is 5.75 Å². The molecule has 0 spiro atoms. The minimum atomic E-state index is 0.346. The third kappa shape index (κ3) is 2.32. The summed E-state index contributed by atoms with van der Waals surface area (Å²) in [4.78, 5) is 0. The van der Waals surface area contributed by atoms with Gasteiger partial charge in [-0.3, -0.25) is 0 Å². The molecule has 1 aliphatic rings. The minimum Gasteiger partial charge on any atom is -0.508 e. The second kappa shape index (κ2) is 4.67. The van der Waals surface area contributed by atoms with E-state index in [1.807, 2.05) is 12.1 Å². The second-order valence-corrected chi connectivity index (χ2v) is 4.48. The number of hydrogen-bond donors (Lipinski definition) is 2. The normalized spacial score (nSPS) is 26.5. The van der Waals surface area contributed by atoms with E-state index in [9.17, 15) is 5.11 Å². The number of hydrogen-bond acceptors (Lipinski definition) is 2. The Labute approximate surface area is 91.1 Å². The number of rotatable bonds is 2. The fraction of sp³-hybridized carbons (Fsp3) is 0.538. The average Bonchev–Trinajstić information content (AvgIpc) is 2.30. The van der Waals surface area contributed by atoms with E-state index in [0.29, 0.717) is 17.6 Å². The van der Waals surface area contributed by atoms with Crippen molar-refractivity contribution < 1.29 is 5.11 Å². The summed E-state index contributed by atoms with van der Waals surface area (Å²) in [7, 11) is 0. The van der Waals surface area contributed by atoms with Gasteiger partial charge in [0.15, 0.2) is 0 Å². The van der Waals surface area contributed by atoms with E-state index in [0.717, 1.165) is 6.54 Å². The molecule has 0 aliphatic heterocycles. The highest BCUT2D eigenvalue weighted by atomic mass is 16.3. The van der Waals surface area contributed by atoms with Crippen molar-refractivity contribution in [3.8, 4) is 5.75 Å². The van der Waals surface area contributed by atoms with Crippen molar-refractivity contribution in [1.29, 1.82) is 0 Å². The van der Waals surface area contributed by atoms with Crippen LogP contribution in [0.25, 0.3) is 0 Å². The van der Waals surface area contributed by atoms with Gasteiger partial charge in [0.05, 0.1) is 0 Å². The summed E-state index contributed by atoms with van der Waals surface area (Å²) in [6.45, 7) is 0.783. The SMILES string of the molecule is NCC1CCCCC1c1ccc(O)cc1. The Balaban J connectivity index is 2.16. The fourth-order valence-corrected chi connectivity index (χ4v) is 2.65. The van der Waals surface area contributed by atoms with Crippen LogP contribution in [0, 0.1) is 5.92 Å². The fourth-order valence-electron chi connectivity index (χ4n) is 2.65. The molecule has 1 aromatic rings. The van der Waals surface area contributed by atoms with Crippen LogP contribution >= 0.6 is 0 Å². The van der Waals surface area contributed by atoms with Crippen LogP contribution in [0.1, 0.15) is 37.2 Å². The van der Waals surface area contributed by atoms with E-state index >= 15 is 0 Å². The summed E-state index contributed by atoms with van der Waals surface area (Å²) in [6, 6.07) is 7.62. The lowest BCUT2D eigenvalue weighted by atomic mass is 9.75. The number of phenolic OH excluding ortho intramolecular Hbond substituents is 1. The maximum atomic E-state index is 9.25. The predicted octanol–water partition coefficient (Wildman–Crippen LogP) is 2.62. The standard InChI is InChI=1S/C13H19NO/c14-9-11-3-1-2-4-13(11)10-5-7-12(15)8-6-10/h5-8,11,13,15H,1-4,9,14H2. The summed E-state index contributed by atoms with van der Waals surface area (Å²) in [5, 5.41) is 9.25. The zero-order valence-corrected chi connectivity index (χ0v) is 9.02. The highest BCUT2D eigenvalue weighted by Crippen LogP contribution is 2.37. The Morgan fingerprint density at radius 2 is 1.80 bits per heavy atom. The van der Waals surface area contributed by atoms with E-state index in [4.69, 9.17) is 5.73 Å². The smallest absolute Gasteiger partial charge is 0.115 e. The Kier molecular flexibility index (Phi) is 3.27. The molecule has 0 bridgehead atoms. The molecule has 1 saturated carbocycles. The van der Waals surface area contributed by atoms with Crippen LogP contribution in [0.4, 0.5) is 0 Å². The average molecular weight is 205 g/mol. The zero-order chi connectivity index (χ0) is 10.7. The van der Waals surface area contributed by atoms with Crippen LogP contribution in [0.15, 0.2) is 24.3 Å². The Bertz CT molecular complexity index is 307. The molecule has 82 valence electrons. The summed E-state index contributed by atoms with van der Waals surface area (Å²) in [5.74, 6) is 1.58. The van der Waals surface area contributed by atoms with Crippen LogP contribution in [-0.2, 0) is 0 Å². The largest absolute Gasteiger partial charge is 0.508 e. The van der Waals surface area contributed by atoms with Crippen molar-refractivity contribution >= 4 is 0 Å². The first-order chi connectivity index (χ1) is 7.31. The molecule has 0 amide bonds. The van der Waals surface area contributed by atoms with Crippen molar-refractivity contribution in [3.63, 3.8) is 0 Å². The minimum absolute atomic E-state index is 0.346. The lowest BCUT2D eigenvalue weighted by Gasteiger charge is -2.31. The van der Waals surface area contributed by atoms with Crippen molar-refractivity contribution in [2.75, 3.05) is 6.54 Å². The van der Waals surface area contributed by atoms with E-state index < -0.39 is 0 Å². The first-order valence-electron chi connectivity index (χ1n) is 5.80. The van der Waals surface area contributed by atoms with Gasteiger partial charge in [0.2, 0.25) is 0 Å². The molecule has 2 rings (SSSR count). The first kappa shape index (κ1) is 10.5. The maximum absolute atomic E-state index is 9.25. The Hall–Kier alpha value is -1.02. The molecule has 0 radical (unpaired) electrons. The van der Waals surface area contributed by atoms with Crippen LogP contribution in [0.3, 0.4) is 0 Å². The molecule has 15 heavy (non-hydrogen) atoms. The lowest BCUT2D eigenvalue weighted by molar-refractivity contribution is 0.314. The first-order valence-corrected chi connectivity index (χ1v) is 5.80. The topological polar surface area (TPSA) is 46.2 Å². The molecular weight excluding hydrogens is 186 g/mol. The van der Waals surface area contributed by atoms with Gasteiger partial charge >= 0.3 is 0 Å². The van der Waals surface area contributed by atoms with Gasteiger partial charge < -0.3 is 10.8 Å².